The number of hydrogen-bond donors (Lipinski definition) is 1. The lowest BCUT2D eigenvalue weighted by atomic mass is 9.80. The molecule has 0 aromatic rings. The molecule has 13 heavy (non-hydrogen) atoms. The van der Waals surface area contributed by atoms with Crippen molar-refractivity contribution < 1.29 is 4.74 Å². The summed E-state index contributed by atoms with van der Waals surface area (Å²) in [5, 5.41) is 0. The third kappa shape index (κ3) is 3.65. The first-order valence-electron chi connectivity index (χ1n) is 5.66. The summed E-state index contributed by atoms with van der Waals surface area (Å²) in [6, 6.07) is 0. The van der Waals surface area contributed by atoms with E-state index in [1.165, 1.54) is 32.1 Å². The summed E-state index contributed by atoms with van der Waals surface area (Å²) in [6.07, 6.45) is 6.95. The monoisotopic (exact) mass is 185 g/mol. The fourth-order valence-corrected chi connectivity index (χ4v) is 2.27. The first-order chi connectivity index (χ1) is 6.38. The summed E-state index contributed by atoms with van der Waals surface area (Å²) in [4.78, 5) is 0. The molecule has 0 amide bonds. The van der Waals surface area contributed by atoms with Crippen molar-refractivity contribution in [2.45, 2.75) is 39.0 Å². The summed E-state index contributed by atoms with van der Waals surface area (Å²) < 4.78 is 5.46. The number of nitrogens with two attached hydrogens (primary N) is 1. The van der Waals surface area contributed by atoms with E-state index in [1.54, 1.807) is 0 Å². The highest BCUT2D eigenvalue weighted by atomic mass is 16.5. The Labute approximate surface area is 81.8 Å². The van der Waals surface area contributed by atoms with E-state index in [1.807, 2.05) is 0 Å². The highest BCUT2D eigenvalue weighted by molar-refractivity contribution is 4.74. The van der Waals surface area contributed by atoms with Gasteiger partial charge in [-0.1, -0.05) is 32.1 Å². The predicted molar refractivity (Wildman–Crippen MR) is 55.6 cm³/mol. The number of rotatable bonds is 5. The van der Waals surface area contributed by atoms with E-state index in [0.717, 1.165) is 25.7 Å². The average Bonchev–Trinajstić information content (AvgIpc) is 2.21. The Hall–Kier alpha value is -0.0800. The van der Waals surface area contributed by atoms with Crippen LogP contribution in [0, 0.1) is 11.8 Å². The predicted octanol–water partition coefficient (Wildman–Crippen LogP) is 2.18. The second kappa shape index (κ2) is 6.39. The van der Waals surface area contributed by atoms with E-state index in [2.05, 4.69) is 6.92 Å². The molecule has 0 heterocycles. The molecule has 0 spiro atoms. The van der Waals surface area contributed by atoms with Crippen LogP contribution in [-0.2, 0) is 4.74 Å². The van der Waals surface area contributed by atoms with E-state index >= 15 is 0 Å². The molecule has 0 aromatic heterocycles. The van der Waals surface area contributed by atoms with Gasteiger partial charge in [-0.15, -0.1) is 0 Å². The molecular formula is C11H23NO. The molecule has 0 bridgehead atoms. The molecule has 1 atom stereocenters. The Kier molecular flexibility index (Phi) is 5.40. The minimum absolute atomic E-state index is 0.611. The number of ether oxygens (including phenoxy) is 1. The summed E-state index contributed by atoms with van der Waals surface area (Å²) in [6.45, 7) is 4.54. The molecule has 2 heteroatoms. The summed E-state index contributed by atoms with van der Waals surface area (Å²) in [5.41, 5.74) is 5.76. The largest absolute Gasteiger partial charge is 0.381 e. The van der Waals surface area contributed by atoms with Crippen molar-refractivity contribution in [3.63, 3.8) is 0 Å². The van der Waals surface area contributed by atoms with E-state index < -0.39 is 0 Å². The normalized spacial score (nSPS) is 21.7. The van der Waals surface area contributed by atoms with Gasteiger partial charge in [0.25, 0.3) is 0 Å². The van der Waals surface area contributed by atoms with Gasteiger partial charge in [-0.25, -0.2) is 0 Å². The first kappa shape index (κ1) is 11.0. The lowest BCUT2D eigenvalue weighted by molar-refractivity contribution is 0.0784. The Balaban J connectivity index is 2.26. The smallest absolute Gasteiger partial charge is 0.0508 e. The minimum atomic E-state index is 0.611. The van der Waals surface area contributed by atoms with Crippen LogP contribution >= 0.6 is 0 Å². The molecule has 0 aromatic carbocycles. The minimum Gasteiger partial charge on any atom is -0.381 e. The molecule has 2 N–H and O–H groups in total. The second-order valence-corrected chi connectivity index (χ2v) is 4.05. The van der Waals surface area contributed by atoms with E-state index in [9.17, 15) is 0 Å². The van der Waals surface area contributed by atoms with Crippen molar-refractivity contribution in [1.82, 2.24) is 0 Å². The van der Waals surface area contributed by atoms with Crippen molar-refractivity contribution >= 4 is 0 Å². The van der Waals surface area contributed by atoms with Crippen LogP contribution in [0.1, 0.15) is 39.0 Å². The van der Waals surface area contributed by atoms with Gasteiger partial charge in [-0.2, -0.15) is 0 Å². The maximum Gasteiger partial charge on any atom is 0.0508 e. The third-order valence-electron chi connectivity index (χ3n) is 3.16. The average molecular weight is 185 g/mol. The van der Waals surface area contributed by atoms with Crippen molar-refractivity contribution in [3.05, 3.63) is 0 Å². The molecule has 1 aliphatic rings. The number of hydrogen-bond acceptors (Lipinski definition) is 2. The summed E-state index contributed by atoms with van der Waals surface area (Å²) in [7, 11) is 0. The molecule has 0 saturated heterocycles. The second-order valence-electron chi connectivity index (χ2n) is 4.05. The van der Waals surface area contributed by atoms with E-state index in [4.69, 9.17) is 10.5 Å². The quantitative estimate of drug-likeness (QED) is 0.712. The lowest BCUT2D eigenvalue weighted by Crippen LogP contribution is -2.29. The Morgan fingerprint density at radius 3 is 2.54 bits per heavy atom. The maximum atomic E-state index is 5.76. The van der Waals surface area contributed by atoms with Crippen LogP contribution in [0.2, 0.25) is 0 Å². The van der Waals surface area contributed by atoms with Crippen molar-refractivity contribution in [3.8, 4) is 0 Å². The summed E-state index contributed by atoms with van der Waals surface area (Å²) >= 11 is 0. The Bertz CT molecular complexity index is 121. The molecule has 1 fully saturated rings. The lowest BCUT2D eigenvalue weighted by Gasteiger charge is -2.29. The van der Waals surface area contributed by atoms with Crippen molar-refractivity contribution in [2.75, 3.05) is 19.8 Å². The van der Waals surface area contributed by atoms with Gasteiger partial charge in [0.2, 0.25) is 0 Å². The Morgan fingerprint density at radius 2 is 2.00 bits per heavy atom. The van der Waals surface area contributed by atoms with Crippen LogP contribution in [0.3, 0.4) is 0 Å². The van der Waals surface area contributed by atoms with Gasteiger partial charge in [0.15, 0.2) is 0 Å². The van der Waals surface area contributed by atoms with Gasteiger partial charge in [-0.3, -0.25) is 0 Å². The van der Waals surface area contributed by atoms with Crippen LogP contribution < -0.4 is 5.73 Å². The molecule has 1 rings (SSSR count). The molecule has 2 nitrogen and oxygen atoms in total. The third-order valence-corrected chi connectivity index (χ3v) is 3.16. The van der Waals surface area contributed by atoms with Crippen LogP contribution in [0.25, 0.3) is 0 Å². The topological polar surface area (TPSA) is 35.2 Å². The fraction of sp³-hybridized carbons (Fsp3) is 1.00. The van der Waals surface area contributed by atoms with E-state index in [0.29, 0.717) is 5.92 Å². The fourth-order valence-electron chi connectivity index (χ4n) is 2.27. The van der Waals surface area contributed by atoms with Crippen LogP contribution in [0.15, 0.2) is 0 Å². The molecule has 0 aliphatic heterocycles. The molecule has 1 aliphatic carbocycles. The molecule has 0 radical (unpaired) electrons. The molecule has 78 valence electrons. The molecular weight excluding hydrogens is 162 g/mol. The Morgan fingerprint density at radius 1 is 1.31 bits per heavy atom. The first-order valence-corrected chi connectivity index (χ1v) is 5.66. The maximum absolute atomic E-state index is 5.76. The van der Waals surface area contributed by atoms with Crippen LogP contribution in [0.4, 0.5) is 0 Å². The molecule has 1 saturated carbocycles. The standard InChI is InChI=1S/C11H23NO/c1-2-13-9-11(8-12)10-6-4-3-5-7-10/h10-11H,2-9,12H2,1H3/t11-/m1/s1. The van der Waals surface area contributed by atoms with Crippen LogP contribution in [-0.4, -0.2) is 19.8 Å². The zero-order valence-corrected chi connectivity index (χ0v) is 8.80. The zero-order valence-electron chi connectivity index (χ0n) is 8.80. The van der Waals surface area contributed by atoms with Gasteiger partial charge in [0, 0.05) is 6.61 Å². The van der Waals surface area contributed by atoms with Crippen molar-refractivity contribution in [1.29, 1.82) is 0 Å². The summed E-state index contributed by atoms with van der Waals surface area (Å²) in [5.74, 6) is 1.45. The van der Waals surface area contributed by atoms with Gasteiger partial charge in [0.1, 0.15) is 0 Å². The van der Waals surface area contributed by atoms with Gasteiger partial charge >= 0.3 is 0 Å². The zero-order chi connectivity index (χ0) is 9.52. The van der Waals surface area contributed by atoms with Gasteiger partial charge in [-0.05, 0) is 25.3 Å². The van der Waals surface area contributed by atoms with Gasteiger partial charge < -0.3 is 10.5 Å². The molecule has 0 unspecified atom stereocenters. The van der Waals surface area contributed by atoms with Crippen LogP contribution in [0.5, 0.6) is 0 Å². The SMILES string of the molecule is CCOC[C@@H](CN)C1CCCCC1. The van der Waals surface area contributed by atoms with Crippen molar-refractivity contribution in [2.24, 2.45) is 17.6 Å². The highest BCUT2D eigenvalue weighted by Crippen LogP contribution is 2.29. The van der Waals surface area contributed by atoms with E-state index in [-0.39, 0.29) is 0 Å². The highest BCUT2D eigenvalue weighted by Gasteiger charge is 2.22. The van der Waals surface area contributed by atoms with Gasteiger partial charge in [0.05, 0.1) is 6.61 Å².